The summed E-state index contributed by atoms with van der Waals surface area (Å²) in [7, 11) is 0. The molecular weight excluding hydrogens is 595 g/mol. The molecule has 0 unspecified atom stereocenters. The summed E-state index contributed by atoms with van der Waals surface area (Å²) >= 11 is 0. The molecule has 0 aliphatic heterocycles. The molecule has 3 aromatic rings. The molecule has 0 spiro atoms. The Balaban J connectivity index is 0.00000645. The number of alkyl halides is 5. The molecule has 0 aliphatic carbocycles. The maximum atomic E-state index is 15.2. The van der Waals surface area contributed by atoms with Gasteiger partial charge in [-0.25, -0.2) is 17.6 Å². The quantitative estimate of drug-likeness (QED) is 0.177. The lowest BCUT2D eigenvalue weighted by atomic mass is 10.00. The van der Waals surface area contributed by atoms with Crippen LogP contribution in [0, 0.1) is 23.3 Å². The van der Waals surface area contributed by atoms with Crippen molar-refractivity contribution >= 4 is 0 Å². The van der Waals surface area contributed by atoms with E-state index in [1.54, 1.807) is 0 Å². The summed E-state index contributed by atoms with van der Waals surface area (Å²) in [6, 6.07) is 3.72. The Labute approximate surface area is 243 Å². The third-order valence-corrected chi connectivity index (χ3v) is 5.60. The van der Waals surface area contributed by atoms with Gasteiger partial charge in [-0.15, -0.1) is 0 Å². The minimum absolute atomic E-state index is 0. The number of hydrogen-bond donors (Lipinski definition) is 0. The number of hydrogen-bond acceptors (Lipinski definition) is 4. The molecule has 238 valence electrons. The fraction of sp³-hybridized carbons (Fsp3) is 0.400. The summed E-state index contributed by atoms with van der Waals surface area (Å²) in [6.45, 7) is 6.24. The van der Waals surface area contributed by atoms with Gasteiger partial charge in [0.15, 0.2) is 0 Å². The van der Waals surface area contributed by atoms with Crippen LogP contribution in [0.1, 0.15) is 58.6 Å². The topological polar surface area (TPSA) is 36.9 Å². The van der Waals surface area contributed by atoms with E-state index in [9.17, 15) is 30.7 Å². The van der Waals surface area contributed by atoms with Crippen LogP contribution >= 0.6 is 0 Å². The smallest absolute Gasteiger partial charge is 0.432 e. The number of benzene rings is 3. The molecule has 0 aliphatic rings. The van der Waals surface area contributed by atoms with Gasteiger partial charge in [-0.1, -0.05) is 28.2 Å². The van der Waals surface area contributed by atoms with Crippen molar-refractivity contribution in [2.75, 3.05) is 19.8 Å². The highest BCUT2D eigenvalue weighted by atomic mass is 19.4. The Kier molecular flexibility index (Phi) is 12.0. The van der Waals surface area contributed by atoms with E-state index in [1.165, 1.54) is 12.1 Å². The van der Waals surface area contributed by atoms with Crippen molar-refractivity contribution in [2.24, 2.45) is 0 Å². The lowest BCUT2D eigenvalue weighted by Crippen LogP contribution is -2.25. The van der Waals surface area contributed by atoms with E-state index < -0.39 is 52.4 Å². The number of halogens is 9. The Morgan fingerprint density at radius 3 is 1.40 bits per heavy atom. The molecule has 0 amide bonds. The van der Waals surface area contributed by atoms with E-state index in [-0.39, 0.29) is 55.4 Å². The van der Waals surface area contributed by atoms with Crippen LogP contribution in [0.5, 0.6) is 23.0 Å². The van der Waals surface area contributed by atoms with Gasteiger partial charge in [-0.05, 0) is 37.0 Å². The summed E-state index contributed by atoms with van der Waals surface area (Å²) in [5, 5.41) is 0. The zero-order chi connectivity index (χ0) is 31.2. The van der Waals surface area contributed by atoms with E-state index in [1.807, 2.05) is 20.8 Å². The Morgan fingerprint density at radius 1 is 0.558 bits per heavy atom. The summed E-state index contributed by atoms with van der Waals surface area (Å²) in [6.07, 6.45) is -8.57. The molecule has 0 saturated heterocycles. The summed E-state index contributed by atoms with van der Waals surface area (Å²) < 4.78 is 148. The molecule has 0 atom stereocenters. The molecule has 0 saturated carbocycles. The van der Waals surface area contributed by atoms with Crippen molar-refractivity contribution in [1.29, 1.82) is 0 Å². The van der Waals surface area contributed by atoms with Crippen LogP contribution in [0.25, 0.3) is 11.1 Å². The van der Waals surface area contributed by atoms with Crippen molar-refractivity contribution in [1.82, 2.24) is 0 Å². The summed E-state index contributed by atoms with van der Waals surface area (Å²) in [5.41, 5.74) is -4.49. The maximum Gasteiger partial charge on any atom is 0.432 e. The average molecular weight is 627 g/mol. The predicted octanol–water partition coefficient (Wildman–Crippen LogP) is 10.1. The first-order chi connectivity index (χ1) is 19.7. The van der Waals surface area contributed by atoms with E-state index >= 15 is 8.78 Å². The highest BCUT2D eigenvalue weighted by Gasteiger charge is 2.43. The molecule has 0 N–H and O–H groups in total. The molecular formula is C30H31F9O4. The third kappa shape index (κ3) is 8.41. The van der Waals surface area contributed by atoms with Crippen molar-refractivity contribution < 1.29 is 58.5 Å². The number of ether oxygens (including phenoxy) is 4. The fourth-order valence-electron chi connectivity index (χ4n) is 3.88. The predicted molar refractivity (Wildman–Crippen MR) is 142 cm³/mol. The highest BCUT2D eigenvalue weighted by molar-refractivity contribution is 5.78. The Bertz CT molecular complexity index is 1320. The van der Waals surface area contributed by atoms with E-state index in [0.29, 0.717) is 43.8 Å². The second-order valence-corrected chi connectivity index (χ2v) is 9.03. The number of rotatable bonds is 13. The van der Waals surface area contributed by atoms with Crippen LogP contribution in [0.15, 0.2) is 36.4 Å². The minimum Gasteiger partial charge on any atom is -0.493 e. The van der Waals surface area contributed by atoms with E-state index in [0.717, 1.165) is 0 Å². The van der Waals surface area contributed by atoms with Gasteiger partial charge < -0.3 is 18.9 Å². The summed E-state index contributed by atoms with van der Waals surface area (Å²) in [4.78, 5) is 0. The average Bonchev–Trinajstić information content (AvgIpc) is 2.87. The van der Waals surface area contributed by atoms with Crippen molar-refractivity contribution in [2.45, 2.75) is 59.7 Å². The van der Waals surface area contributed by atoms with Crippen molar-refractivity contribution in [3.8, 4) is 34.1 Å². The third-order valence-electron chi connectivity index (χ3n) is 5.60. The lowest BCUT2D eigenvalue weighted by Gasteiger charge is -2.22. The standard InChI is InChI=1S/C29H27F9O4.CH4/c1-4-7-39-17-14-23(40-8-5-2)25(24(15-17)41-9-6-3)16-10-19(30)27(20(31)11-16)29(37,38)42-18-12-21(32)26(22(33)13-18)28(34,35)36;/h10-15H,4-9H2,1-3H3;1H4. The molecule has 43 heavy (non-hydrogen) atoms. The van der Waals surface area contributed by atoms with Gasteiger partial charge in [-0.2, -0.15) is 22.0 Å². The molecule has 3 aromatic carbocycles. The van der Waals surface area contributed by atoms with Gasteiger partial charge in [0, 0.05) is 24.3 Å². The first-order valence-corrected chi connectivity index (χ1v) is 12.9. The second-order valence-electron chi connectivity index (χ2n) is 9.03. The van der Waals surface area contributed by atoms with Crippen LogP contribution in [-0.2, 0) is 12.3 Å². The highest BCUT2D eigenvalue weighted by Crippen LogP contribution is 2.45. The van der Waals surface area contributed by atoms with Crippen LogP contribution in [-0.4, -0.2) is 19.8 Å². The van der Waals surface area contributed by atoms with Gasteiger partial charge in [0.25, 0.3) is 0 Å². The molecule has 0 heterocycles. The van der Waals surface area contributed by atoms with Crippen LogP contribution in [0.2, 0.25) is 0 Å². The molecule has 4 nitrogen and oxygen atoms in total. The van der Waals surface area contributed by atoms with Crippen LogP contribution in [0.4, 0.5) is 39.5 Å². The Morgan fingerprint density at radius 2 is 0.977 bits per heavy atom. The van der Waals surface area contributed by atoms with E-state index in [4.69, 9.17) is 14.2 Å². The fourth-order valence-corrected chi connectivity index (χ4v) is 3.88. The second kappa shape index (κ2) is 14.6. The van der Waals surface area contributed by atoms with Gasteiger partial charge in [0.2, 0.25) is 0 Å². The molecule has 13 heteroatoms. The lowest BCUT2D eigenvalue weighted by molar-refractivity contribution is -0.189. The zero-order valence-electron chi connectivity index (χ0n) is 22.7. The molecule has 3 rings (SSSR count). The first kappa shape index (κ1) is 35.4. The molecule has 0 aromatic heterocycles. The van der Waals surface area contributed by atoms with Crippen molar-refractivity contribution in [3.05, 3.63) is 70.8 Å². The summed E-state index contributed by atoms with van der Waals surface area (Å²) in [5.74, 6) is -9.05. The monoisotopic (exact) mass is 626 g/mol. The largest absolute Gasteiger partial charge is 0.493 e. The molecule has 0 radical (unpaired) electrons. The van der Waals surface area contributed by atoms with Gasteiger partial charge in [0.1, 0.15) is 57.4 Å². The van der Waals surface area contributed by atoms with Gasteiger partial charge >= 0.3 is 12.3 Å². The van der Waals surface area contributed by atoms with Crippen LogP contribution in [0.3, 0.4) is 0 Å². The SMILES string of the molecule is C.CCCOc1cc(OCCC)c(-c2cc(F)c(C(F)(F)Oc3cc(F)c(C(F)(F)F)c(F)c3)c(F)c2)c(OCCC)c1. The molecule has 0 fully saturated rings. The first-order valence-electron chi connectivity index (χ1n) is 12.9. The van der Waals surface area contributed by atoms with E-state index in [2.05, 4.69) is 4.74 Å². The normalized spacial score (nSPS) is 11.6. The Hall–Kier alpha value is -3.77. The zero-order valence-corrected chi connectivity index (χ0v) is 22.7. The van der Waals surface area contributed by atoms with Crippen LogP contribution < -0.4 is 18.9 Å². The van der Waals surface area contributed by atoms with Gasteiger partial charge in [0.05, 0.1) is 25.4 Å². The maximum absolute atomic E-state index is 15.2. The molecule has 0 bridgehead atoms. The van der Waals surface area contributed by atoms with Crippen molar-refractivity contribution in [3.63, 3.8) is 0 Å². The minimum atomic E-state index is -5.47. The van der Waals surface area contributed by atoms with Gasteiger partial charge in [-0.3, -0.25) is 0 Å².